The van der Waals surface area contributed by atoms with Gasteiger partial charge in [-0.25, -0.2) is 0 Å². The third-order valence-corrected chi connectivity index (χ3v) is 3.79. The van der Waals surface area contributed by atoms with Crippen LogP contribution in [0.5, 0.6) is 0 Å². The van der Waals surface area contributed by atoms with E-state index in [-0.39, 0.29) is 13.2 Å². The minimum atomic E-state index is 0.136. The van der Waals surface area contributed by atoms with Crippen molar-refractivity contribution in [3.05, 3.63) is 59.7 Å². The fraction of sp³-hybridized carbons (Fsp3) is 0.222. The van der Waals surface area contributed by atoms with E-state index in [0.29, 0.717) is 12.8 Å². The van der Waals surface area contributed by atoms with Crippen LogP contribution in [-0.4, -0.2) is 23.4 Å². The summed E-state index contributed by atoms with van der Waals surface area (Å²) in [5.74, 6) is 0. The first-order valence-electron chi connectivity index (χ1n) is 6.98. The topological polar surface area (TPSA) is 40.5 Å². The van der Waals surface area contributed by atoms with E-state index in [9.17, 15) is 10.2 Å². The van der Waals surface area contributed by atoms with Gasteiger partial charge in [-0.3, -0.25) is 0 Å². The Morgan fingerprint density at radius 1 is 0.600 bits per heavy atom. The summed E-state index contributed by atoms with van der Waals surface area (Å²) < 4.78 is 0. The van der Waals surface area contributed by atoms with E-state index in [1.165, 1.54) is 21.5 Å². The second kappa shape index (κ2) is 5.61. The van der Waals surface area contributed by atoms with Crippen molar-refractivity contribution in [3.8, 4) is 0 Å². The zero-order valence-corrected chi connectivity index (χ0v) is 11.3. The lowest BCUT2D eigenvalue weighted by Crippen LogP contribution is -2.00. The Hall–Kier alpha value is -1.90. The van der Waals surface area contributed by atoms with Crippen LogP contribution < -0.4 is 0 Å². The van der Waals surface area contributed by atoms with Crippen molar-refractivity contribution in [1.82, 2.24) is 0 Å². The lowest BCUT2D eigenvalue weighted by atomic mass is 9.95. The molecule has 0 aliphatic rings. The maximum absolute atomic E-state index is 9.19. The molecule has 0 aromatic heterocycles. The molecule has 0 bridgehead atoms. The first-order valence-corrected chi connectivity index (χ1v) is 6.98. The highest BCUT2D eigenvalue weighted by Crippen LogP contribution is 2.26. The summed E-state index contributed by atoms with van der Waals surface area (Å²) in [6, 6.07) is 17.0. The van der Waals surface area contributed by atoms with Crippen molar-refractivity contribution in [1.29, 1.82) is 0 Å². The fourth-order valence-electron chi connectivity index (χ4n) is 2.79. The maximum atomic E-state index is 9.19. The van der Waals surface area contributed by atoms with E-state index in [0.717, 1.165) is 11.1 Å². The second-order valence-electron chi connectivity index (χ2n) is 5.11. The van der Waals surface area contributed by atoms with E-state index in [1.54, 1.807) is 0 Å². The number of rotatable bonds is 4. The van der Waals surface area contributed by atoms with Crippen LogP contribution in [0.3, 0.4) is 0 Å². The van der Waals surface area contributed by atoms with Crippen LogP contribution in [0.15, 0.2) is 48.5 Å². The highest BCUT2D eigenvalue weighted by atomic mass is 16.3. The van der Waals surface area contributed by atoms with Crippen LogP contribution >= 0.6 is 0 Å². The van der Waals surface area contributed by atoms with Gasteiger partial charge >= 0.3 is 0 Å². The van der Waals surface area contributed by atoms with E-state index >= 15 is 0 Å². The average molecular weight is 266 g/mol. The predicted octanol–water partition coefficient (Wildman–Crippen LogP) is 3.06. The summed E-state index contributed by atoms with van der Waals surface area (Å²) in [6.07, 6.45) is 1.27. The minimum Gasteiger partial charge on any atom is -0.396 e. The number of hydrogen-bond donors (Lipinski definition) is 2. The van der Waals surface area contributed by atoms with Gasteiger partial charge in [0.25, 0.3) is 0 Å². The van der Waals surface area contributed by atoms with Gasteiger partial charge in [0.1, 0.15) is 0 Å². The van der Waals surface area contributed by atoms with Gasteiger partial charge in [0, 0.05) is 13.2 Å². The monoisotopic (exact) mass is 266 g/mol. The van der Waals surface area contributed by atoms with E-state index in [4.69, 9.17) is 0 Å². The van der Waals surface area contributed by atoms with E-state index in [1.807, 2.05) is 12.1 Å². The number of fused-ring (bicyclic) bond motifs is 2. The summed E-state index contributed by atoms with van der Waals surface area (Å²) in [7, 11) is 0. The smallest absolute Gasteiger partial charge is 0.0471 e. The Labute approximate surface area is 118 Å². The van der Waals surface area contributed by atoms with Crippen LogP contribution in [0.4, 0.5) is 0 Å². The van der Waals surface area contributed by atoms with Gasteiger partial charge < -0.3 is 10.2 Å². The molecule has 0 unspecified atom stereocenters. The lowest BCUT2D eigenvalue weighted by molar-refractivity contribution is 0.293. The van der Waals surface area contributed by atoms with Crippen LogP contribution in [0.1, 0.15) is 11.1 Å². The molecule has 3 aromatic carbocycles. The molecule has 0 spiro atoms. The fourth-order valence-corrected chi connectivity index (χ4v) is 2.79. The number of aliphatic hydroxyl groups is 2. The maximum Gasteiger partial charge on any atom is 0.0471 e. The molecule has 0 atom stereocenters. The molecule has 2 heteroatoms. The number of hydrogen-bond acceptors (Lipinski definition) is 2. The summed E-state index contributed by atoms with van der Waals surface area (Å²) in [5.41, 5.74) is 2.26. The third kappa shape index (κ3) is 2.40. The Morgan fingerprint density at radius 2 is 1.05 bits per heavy atom. The molecule has 2 nitrogen and oxygen atoms in total. The molecular weight excluding hydrogens is 248 g/mol. The first kappa shape index (κ1) is 13.1. The summed E-state index contributed by atoms with van der Waals surface area (Å²) in [6.45, 7) is 0.273. The predicted molar refractivity (Wildman–Crippen MR) is 83.0 cm³/mol. The van der Waals surface area contributed by atoms with Crippen molar-refractivity contribution in [2.24, 2.45) is 0 Å². The molecule has 0 saturated heterocycles. The Balaban J connectivity index is 2.23. The van der Waals surface area contributed by atoms with Gasteiger partial charge in [0.05, 0.1) is 0 Å². The van der Waals surface area contributed by atoms with Crippen molar-refractivity contribution >= 4 is 21.5 Å². The lowest BCUT2D eigenvalue weighted by Gasteiger charge is -2.11. The zero-order valence-electron chi connectivity index (χ0n) is 11.3. The number of benzene rings is 3. The van der Waals surface area contributed by atoms with Crippen molar-refractivity contribution < 1.29 is 10.2 Å². The molecule has 20 heavy (non-hydrogen) atoms. The van der Waals surface area contributed by atoms with Gasteiger partial charge in [-0.15, -0.1) is 0 Å². The van der Waals surface area contributed by atoms with Crippen LogP contribution in [0.2, 0.25) is 0 Å². The minimum absolute atomic E-state index is 0.136. The Kier molecular flexibility index (Phi) is 3.68. The van der Waals surface area contributed by atoms with Gasteiger partial charge in [-0.1, -0.05) is 36.4 Å². The van der Waals surface area contributed by atoms with Gasteiger partial charge in [-0.2, -0.15) is 0 Å². The van der Waals surface area contributed by atoms with Gasteiger partial charge in [0.15, 0.2) is 0 Å². The largest absolute Gasteiger partial charge is 0.396 e. The average Bonchev–Trinajstić information content (AvgIpc) is 2.46. The molecule has 0 aliphatic heterocycles. The molecule has 0 aliphatic carbocycles. The van der Waals surface area contributed by atoms with Gasteiger partial charge in [0.2, 0.25) is 0 Å². The summed E-state index contributed by atoms with van der Waals surface area (Å²) in [4.78, 5) is 0. The molecule has 0 fully saturated rings. The van der Waals surface area contributed by atoms with Crippen LogP contribution in [0, 0.1) is 0 Å². The second-order valence-corrected chi connectivity index (χ2v) is 5.11. The zero-order chi connectivity index (χ0) is 13.9. The molecule has 3 rings (SSSR count). The molecular formula is C18H18O2. The van der Waals surface area contributed by atoms with Crippen molar-refractivity contribution in [2.75, 3.05) is 13.2 Å². The van der Waals surface area contributed by atoms with Crippen LogP contribution in [-0.2, 0) is 12.8 Å². The Morgan fingerprint density at radius 3 is 1.45 bits per heavy atom. The molecule has 2 N–H and O–H groups in total. The normalized spacial score (nSPS) is 11.3. The van der Waals surface area contributed by atoms with Crippen LogP contribution in [0.25, 0.3) is 21.5 Å². The quantitative estimate of drug-likeness (QED) is 0.712. The third-order valence-electron chi connectivity index (χ3n) is 3.79. The van der Waals surface area contributed by atoms with Crippen molar-refractivity contribution in [3.63, 3.8) is 0 Å². The molecule has 0 radical (unpaired) electrons. The first-order chi connectivity index (χ1) is 9.81. The summed E-state index contributed by atoms with van der Waals surface area (Å²) in [5, 5.41) is 23.2. The highest BCUT2D eigenvalue weighted by Gasteiger charge is 2.06. The SMILES string of the molecule is OCCc1cc2cc3ccccc3cc2cc1CCO. The molecule has 0 heterocycles. The van der Waals surface area contributed by atoms with Crippen molar-refractivity contribution in [2.45, 2.75) is 12.8 Å². The standard InChI is InChI=1S/C18H18O2/c19-7-5-15-11-17-9-13-3-1-2-4-14(13)10-18(17)12-16(15)6-8-20/h1-4,9-12,19-20H,5-8H2. The molecule has 102 valence electrons. The van der Waals surface area contributed by atoms with Gasteiger partial charge in [-0.05, 0) is 57.6 Å². The molecule has 0 saturated carbocycles. The van der Waals surface area contributed by atoms with E-state index < -0.39 is 0 Å². The van der Waals surface area contributed by atoms with E-state index in [2.05, 4.69) is 36.4 Å². The summed E-state index contributed by atoms with van der Waals surface area (Å²) >= 11 is 0. The number of aliphatic hydroxyl groups excluding tert-OH is 2. The molecule has 3 aromatic rings. The highest BCUT2D eigenvalue weighted by molar-refractivity contribution is 5.98. The molecule has 0 amide bonds. The Bertz CT molecular complexity index is 683.